The zero-order chi connectivity index (χ0) is 15.9. The van der Waals surface area contributed by atoms with Gasteiger partial charge in [-0.05, 0) is 24.3 Å². The van der Waals surface area contributed by atoms with Gasteiger partial charge in [-0.1, -0.05) is 30.3 Å². The number of amides is 1. The van der Waals surface area contributed by atoms with Gasteiger partial charge in [0.05, 0.1) is 11.3 Å². The molecule has 22 heavy (non-hydrogen) atoms. The molecule has 0 aliphatic heterocycles. The van der Waals surface area contributed by atoms with Gasteiger partial charge < -0.3 is 14.1 Å². The second-order valence-corrected chi connectivity index (χ2v) is 4.74. The lowest BCUT2D eigenvalue weighted by atomic mass is 10.2. The minimum atomic E-state index is -2.58. The Morgan fingerprint density at radius 2 is 1.64 bits per heavy atom. The van der Waals surface area contributed by atoms with Gasteiger partial charge in [0.1, 0.15) is 0 Å². The van der Waals surface area contributed by atoms with Gasteiger partial charge in [0.25, 0.3) is 5.91 Å². The summed E-state index contributed by atoms with van der Waals surface area (Å²) in [7, 11) is 0. The average molecular weight is 319 g/mol. The molecule has 8 heteroatoms. The van der Waals surface area contributed by atoms with Crippen molar-refractivity contribution in [1.29, 1.82) is 0 Å². The molecule has 0 fully saturated rings. The number of benzene rings is 2. The van der Waals surface area contributed by atoms with Crippen molar-refractivity contribution in [2.45, 2.75) is 0 Å². The van der Waals surface area contributed by atoms with Gasteiger partial charge >= 0.3 is 5.97 Å². The molecule has 7 nitrogen and oxygen atoms in total. The van der Waals surface area contributed by atoms with Gasteiger partial charge in [-0.2, -0.15) is 5.48 Å². The van der Waals surface area contributed by atoms with Crippen molar-refractivity contribution < 1.29 is 23.2 Å². The molecule has 114 valence electrons. The number of carbonyl (C=O) groups is 2. The van der Waals surface area contributed by atoms with Gasteiger partial charge in [0.2, 0.25) is 0 Å². The molecule has 0 heterocycles. The fourth-order valence-corrected chi connectivity index (χ4v) is 1.99. The van der Waals surface area contributed by atoms with E-state index < -0.39 is 23.1 Å². The first kappa shape index (κ1) is 15.7. The normalized spacial score (nSPS) is 11.3. The Bertz CT molecular complexity index is 705. The van der Waals surface area contributed by atoms with E-state index >= 15 is 0 Å². The highest BCUT2D eigenvalue weighted by atomic mass is 32.2. The maximum absolute atomic E-state index is 11.9. The molecule has 1 unspecified atom stereocenters. The number of hydrogen-bond donors (Lipinski definition) is 2. The summed E-state index contributed by atoms with van der Waals surface area (Å²) in [4.78, 5) is 28.3. The number of hydrogen-bond acceptors (Lipinski definition) is 5. The molecule has 0 aliphatic rings. The first-order chi connectivity index (χ1) is 10.6. The molecular weight excluding hydrogens is 308 g/mol. The summed E-state index contributed by atoms with van der Waals surface area (Å²) in [5.74, 6) is -1.48. The second kappa shape index (κ2) is 7.34. The molecule has 1 atom stereocenters. The van der Waals surface area contributed by atoms with E-state index in [1.165, 1.54) is 18.2 Å². The van der Waals surface area contributed by atoms with Gasteiger partial charge in [-0.15, -0.1) is 0 Å². The minimum absolute atomic E-state index is 0.0277. The lowest BCUT2D eigenvalue weighted by Crippen LogP contribution is -2.27. The van der Waals surface area contributed by atoms with Crippen LogP contribution < -0.4 is 10.2 Å². The second-order valence-electron chi connectivity index (χ2n) is 4.07. The fraction of sp³-hybridized carbons (Fsp3) is 0. The maximum atomic E-state index is 11.9. The topological polar surface area (TPSA) is 108 Å². The number of para-hydroxylation sites is 1. The number of hydroxylamine groups is 1. The Balaban J connectivity index is 2.04. The lowest BCUT2D eigenvalue weighted by molar-refractivity contribution is 0.0231. The van der Waals surface area contributed by atoms with Crippen LogP contribution in [0.5, 0.6) is 0 Å². The molecule has 2 aromatic rings. The van der Waals surface area contributed by atoms with E-state index in [9.17, 15) is 18.4 Å². The van der Waals surface area contributed by atoms with E-state index in [4.69, 9.17) is 0 Å². The minimum Gasteiger partial charge on any atom is -0.755 e. The van der Waals surface area contributed by atoms with Gasteiger partial charge in [-0.3, -0.25) is 9.00 Å². The Morgan fingerprint density at radius 1 is 1.00 bits per heavy atom. The van der Waals surface area contributed by atoms with E-state index in [0.29, 0.717) is 5.56 Å². The third-order valence-corrected chi connectivity index (χ3v) is 3.00. The summed E-state index contributed by atoms with van der Waals surface area (Å²) < 4.78 is 23.4. The highest BCUT2D eigenvalue weighted by Crippen LogP contribution is 2.16. The van der Waals surface area contributed by atoms with Crippen LogP contribution in [0.2, 0.25) is 0 Å². The number of carbonyl (C=O) groups excluding carboxylic acids is 2. The lowest BCUT2D eigenvalue weighted by Gasteiger charge is -2.12. The van der Waals surface area contributed by atoms with E-state index in [2.05, 4.69) is 9.56 Å². The number of nitrogens with one attached hydrogen (secondary N) is 2. The summed E-state index contributed by atoms with van der Waals surface area (Å²) >= 11 is -2.58. The smallest absolute Gasteiger partial charge is 0.365 e. The third-order valence-electron chi connectivity index (χ3n) is 2.61. The van der Waals surface area contributed by atoms with Crippen LogP contribution in [0.1, 0.15) is 20.7 Å². The average Bonchev–Trinajstić information content (AvgIpc) is 2.53. The van der Waals surface area contributed by atoms with Crippen LogP contribution in [0, 0.1) is 0 Å². The summed E-state index contributed by atoms with van der Waals surface area (Å²) in [6, 6.07) is 14.0. The highest BCUT2D eigenvalue weighted by Gasteiger charge is 2.14. The summed E-state index contributed by atoms with van der Waals surface area (Å²) in [5, 5.41) is 0. The maximum Gasteiger partial charge on any atom is 0.365 e. The highest BCUT2D eigenvalue weighted by molar-refractivity contribution is 7.80. The molecule has 0 radical (unpaired) electrons. The van der Waals surface area contributed by atoms with Crippen molar-refractivity contribution >= 4 is 28.8 Å². The molecule has 0 spiro atoms. The van der Waals surface area contributed by atoms with Crippen LogP contribution in [0.4, 0.5) is 5.69 Å². The van der Waals surface area contributed by atoms with E-state index in [-0.39, 0.29) is 11.3 Å². The Hall–Kier alpha value is -2.71. The first-order valence-corrected chi connectivity index (χ1v) is 7.17. The quantitative estimate of drug-likeness (QED) is 0.654. The van der Waals surface area contributed by atoms with Crippen molar-refractivity contribution in [2.24, 2.45) is 0 Å². The monoisotopic (exact) mass is 319 g/mol. The predicted octanol–water partition coefficient (Wildman–Crippen LogP) is 1.39. The standard InChI is InChI=1S/C14H12N2O5S/c17-13(10-6-2-1-3-7-10)15-21-14(18)11-8-4-5-9-12(11)16-22(19)20/h1-9,16H,(H,15,17)(H,19,20)/p-1. The van der Waals surface area contributed by atoms with Crippen molar-refractivity contribution in [3.8, 4) is 0 Å². The molecule has 2 rings (SSSR count). The molecule has 0 aromatic heterocycles. The molecule has 0 aliphatic carbocycles. The van der Waals surface area contributed by atoms with Crippen molar-refractivity contribution in [3.63, 3.8) is 0 Å². The first-order valence-electron chi connectivity index (χ1n) is 6.09. The Labute approximate surface area is 128 Å². The van der Waals surface area contributed by atoms with Crippen LogP contribution in [-0.2, 0) is 16.1 Å². The molecule has 0 saturated carbocycles. The van der Waals surface area contributed by atoms with Crippen LogP contribution in [0.25, 0.3) is 0 Å². The Kier molecular flexibility index (Phi) is 5.23. The Morgan fingerprint density at radius 3 is 2.32 bits per heavy atom. The van der Waals surface area contributed by atoms with Crippen LogP contribution >= 0.6 is 0 Å². The van der Waals surface area contributed by atoms with Crippen LogP contribution in [0.3, 0.4) is 0 Å². The molecule has 0 bridgehead atoms. The third kappa shape index (κ3) is 4.14. The molecule has 2 aromatic carbocycles. The zero-order valence-corrected chi connectivity index (χ0v) is 12.0. The summed E-state index contributed by atoms with van der Waals surface area (Å²) in [5.41, 5.74) is 2.35. The zero-order valence-electron chi connectivity index (χ0n) is 11.1. The number of anilines is 1. The van der Waals surface area contributed by atoms with E-state index in [1.807, 2.05) is 5.48 Å². The molecule has 2 N–H and O–H groups in total. The van der Waals surface area contributed by atoms with Crippen LogP contribution in [-0.4, -0.2) is 20.6 Å². The van der Waals surface area contributed by atoms with E-state index in [0.717, 1.165) is 0 Å². The SMILES string of the molecule is O=C(NOC(=O)c1ccccc1NS(=O)[O-])c1ccccc1. The molecule has 1 amide bonds. The molecular formula is C14H11N2O5S-. The van der Waals surface area contributed by atoms with Crippen molar-refractivity contribution in [3.05, 3.63) is 65.7 Å². The molecule has 0 saturated heterocycles. The van der Waals surface area contributed by atoms with Gasteiger partial charge in [-0.25, -0.2) is 4.79 Å². The van der Waals surface area contributed by atoms with Crippen molar-refractivity contribution in [1.82, 2.24) is 5.48 Å². The fourth-order valence-electron chi connectivity index (χ4n) is 1.64. The summed E-state index contributed by atoms with van der Waals surface area (Å²) in [6.45, 7) is 0. The van der Waals surface area contributed by atoms with Gasteiger partial charge in [0, 0.05) is 16.8 Å². The largest absolute Gasteiger partial charge is 0.755 e. The van der Waals surface area contributed by atoms with E-state index in [1.54, 1.807) is 36.4 Å². The van der Waals surface area contributed by atoms with Crippen molar-refractivity contribution in [2.75, 3.05) is 4.72 Å². The van der Waals surface area contributed by atoms with Crippen LogP contribution in [0.15, 0.2) is 54.6 Å². The van der Waals surface area contributed by atoms with Gasteiger partial charge in [0.15, 0.2) is 0 Å². The number of rotatable bonds is 4. The predicted molar refractivity (Wildman–Crippen MR) is 78.3 cm³/mol. The summed E-state index contributed by atoms with van der Waals surface area (Å²) in [6.07, 6.45) is 0.